The normalized spacial score (nSPS) is 21.4. The molecular formula is C14H25N3. The van der Waals surface area contributed by atoms with E-state index >= 15 is 0 Å². The standard InChI is InChI=1S/C14H25N3/c1-9(2)11-12(14(3,4)5)17-13(16-11)10-6-7-15-8-10/h9-10,15H,6-8H2,1-5H3,(H,16,17). The van der Waals surface area contributed by atoms with E-state index in [1.165, 1.54) is 23.6 Å². The fraction of sp³-hybridized carbons (Fsp3) is 0.786. The van der Waals surface area contributed by atoms with Crippen LogP contribution in [0.3, 0.4) is 0 Å². The predicted octanol–water partition coefficient (Wildman–Crippen LogP) is 2.91. The Labute approximate surface area is 104 Å². The smallest absolute Gasteiger partial charge is 0.111 e. The van der Waals surface area contributed by atoms with E-state index in [2.05, 4.69) is 44.9 Å². The first-order valence-electron chi connectivity index (χ1n) is 6.70. The average molecular weight is 235 g/mol. The molecule has 1 fully saturated rings. The highest BCUT2D eigenvalue weighted by Crippen LogP contribution is 2.31. The van der Waals surface area contributed by atoms with Crippen LogP contribution in [0.15, 0.2) is 0 Å². The van der Waals surface area contributed by atoms with Crippen molar-refractivity contribution in [3.8, 4) is 0 Å². The third-order valence-electron chi connectivity index (χ3n) is 3.48. The van der Waals surface area contributed by atoms with Crippen LogP contribution in [0, 0.1) is 0 Å². The summed E-state index contributed by atoms with van der Waals surface area (Å²) < 4.78 is 0. The Morgan fingerprint density at radius 3 is 2.41 bits per heavy atom. The maximum atomic E-state index is 4.89. The first-order valence-corrected chi connectivity index (χ1v) is 6.70. The van der Waals surface area contributed by atoms with Crippen molar-refractivity contribution in [1.29, 1.82) is 0 Å². The molecule has 96 valence electrons. The third-order valence-corrected chi connectivity index (χ3v) is 3.48. The van der Waals surface area contributed by atoms with Crippen molar-refractivity contribution < 1.29 is 0 Å². The van der Waals surface area contributed by atoms with Gasteiger partial charge in [-0.3, -0.25) is 0 Å². The summed E-state index contributed by atoms with van der Waals surface area (Å²) in [6, 6.07) is 0. The van der Waals surface area contributed by atoms with Crippen molar-refractivity contribution in [3.05, 3.63) is 17.2 Å². The summed E-state index contributed by atoms with van der Waals surface area (Å²) in [6.07, 6.45) is 1.20. The van der Waals surface area contributed by atoms with E-state index in [9.17, 15) is 0 Å². The van der Waals surface area contributed by atoms with Crippen LogP contribution in [0.25, 0.3) is 0 Å². The SMILES string of the molecule is CC(C)c1[nH]c(C2CCNC2)nc1C(C)(C)C. The van der Waals surface area contributed by atoms with Gasteiger partial charge in [0, 0.05) is 23.6 Å². The first-order chi connectivity index (χ1) is 7.89. The molecule has 0 bridgehead atoms. The summed E-state index contributed by atoms with van der Waals surface area (Å²) >= 11 is 0. The lowest BCUT2D eigenvalue weighted by Crippen LogP contribution is -2.15. The maximum absolute atomic E-state index is 4.89. The lowest BCUT2D eigenvalue weighted by molar-refractivity contribution is 0.556. The highest BCUT2D eigenvalue weighted by Gasteiger charge is 2.27. The van der Waals surface area contributed by atoms with Crippen molar-refractivity contribution in [1.82, 2.24) is 15.3 Å². The van der Waals surface area contributed by atoms with Gasteiger partial charge >= 0.3 is 0 Å². The molecule has 0 aromatic carbocycles. The van der Waals surface area contributed by atoms with E-state index in [0.717, 1.165) is 13.1 Å². The third kappa shape index (κ3) is 2.54. The molecule has 0 saturated carbocycles. The monoisotopic (exact) mass is 235 g/mol. The number of hydrogen-bond donors (Lipinski definition) is 2. The molecule has 2 heterocycles. The minimum absolute atomic E-state index is 0.125. The lowest BCUT2D eigenvalue weighted by atomic mass is 9.88. The number of nitrogens with one attached hydrogen (secondary N) is 2. The molecule has 1 aliphatic rings. The van der Waals surface area contributed by atoms with Gasteiger partial charge in [-0.1, -0.05) is 34.6 Å². The van der Waals surface area contributed by atoms with Gasteiger partial charge in [0.15, 0.2) is 0 Å². The van der Waals surface area contributed by atoms with Crippen LogP contribution in [0.5, 0.6) is 0 Å². The van der Waals surface area contributed by atoms with Crippen LogP contribution in [0.2, 0.25) is 0 Å². The lowest BCUT2D eigenvalue weighted by Gasteiger charge is -2.18. The topological polar surface area (TPSA) is 40.7 Å². The van der Waals surface area contributed by atoms with E-state index in [4.69, 9.17) is 4.98 Å². The van der Waals surface area contributed by atoms with E-state index < -0.39 is 0 Å². The Hall–Kier alpha value is -0.830. The average Bonchev–Trinajstić information content (AvgIpc) is 2.85. The molecule has 1 aromatic rings. The molecule has 0 amide bonds. The summed E-state index contributed by atoms with van der Waals surface area (Å²) in [7, 11) is 0. The molecule has 2 rings (SSSR count). The van der Waals surface area contributed by atoms with Crippen LogP contribution >= 0.6 is 0 Å². The Kier molecular flexibility index (Phi) is 3.30. The first kappa shape index (κ1) is 12.6. The summed E-state index contributed by atoms with van der Waals surface area (Å²) in [4.78, 5) is 8.47. The minimum Gasteiger partial charge on any atom is -0.345 e. The zero-order chi connectivity index (χ0) is 12.6. The molecule has 3 heteroatoms. The predicted molar refractivity (Wildman–Crippen MR) is 71.6 cm³/mol. The second kappa shape index (κ2) is 4.45. The van der Waals surface area contributed by atoms with Crippen molar-refractivity contribution in [2.45, 2.75) is 58.3 Å². The maximum Gasteiger partial charge on any atom is 0.111 e. The van der Waals surface area contributed by atoms with Crippen LogP contribution in [-0.4, -0.2) is 23.1 Å². The van der Waals surface area contributed by atoms with Gasteiger partial charge in [-0.05, 0) is 18.9 Å². The largest absolute Gasteiger partial charge is 0.345 e. The minimum atomic E-state index is 0.125. The quantitative estimate of drug-likeness (QED) is 0.827. The van der Waals surface area contributed by atoms with Gasteiger partial charge in [-0.2, -0.15) is 0 Å². The Balaban J connectivity index is 2.37. The molecule has 0 aliphatic carbocycles. The molecule has 0 spiro atoms. The number of nitrogens with zero attached hydrogens (tertiary/aromatic N) is 1. The molecule has 0 radical (unpaired) electrons. The number of rotatable bonds is 2. The number of imidazole rings is 1. The molecule has 1 aliphatic heterocycles. The van der Waals surface area contributed by atoms with E-state index in [0.29, 0.717) is 11.8 Å². The molecular weight excluding hydrogens is 210 g/mol. The number of aromatic nitrogens is 2. The van der Waals surface area contributed by atoms with Gasteiger partial charge in [0.25, 0.3) is 0 Å². The molecule has 1 unspecified atom stereocenters. The van der Waals surface area contributed by atoms with Crippen molar-refractivity contribution in [2.75, 3.05) is 13.1 Å². The summed E-state index contributed by atoms with van der Waals surface area (Å²) in [6.45, 7) is 13.4. The summed E-state index contributed by atoms with van der Waals surface area (Å²) in [5, 5.41) is 3.41. The van der Waals surface area contributed by atoms with Gasteiger partial charge in [-0.25, -0.2) is 4.98 Å². The molecule has 1 saturated heterocycles. The number of hydrogen-bond acceptors (Lipinski definition) is 2. The van der Waals surface area contributed by atoms with Crippen molar-refractivity contribution >= 4 is 0 Å². The highest BCUT2D eigenvalue weighted by atomic mass is 15.0. The fourth-order valence-corrected chi connectivity index (χ4v) is 2.48. The zero-order valence-corrected chi connectivity index (χ0v) is 11.7. The van der Waals surface area contributed by atoms with Crippen molar-refractivity contribution in [2.24, 2.45) is 0 Å². The summed E-state index contributed by atoms with van der Waals surface area (Å²) in [5.41, 5.74) is 2.69. The second-order valence-corrected chi connectivity index (χ2v) is 6.48. The molecule has 1 aromatic heterocycles. The van der Waals surface area contributed by atoms with Crippen LogP contribution in [0.4, 0.5) is 0 Å². The van der Waals surface area contributed by atoms with Gasteiger partial charge in [0.1, 0.15) is 5.82 Å². The van der Waals surface area contributed by atoms with E-state index in [1.807, 2.05) is 0 Å². The second-order valence-electron chi connectivity index (χ2n) is 6.48. The van der Waals surface area contributed by atoms with Gasteiger partial charge < -0.3 is 10.3 Å². The zero-order valence-electron chi connectivity index (χ0n) is 11.7. The Morgan fingerprint density at radius 1 is 1.29 bits per heavy atom. The highest BCUT2D eigenvalue weighted by molar-refractivity contribution is 5.26. The van der Waals surface area contributed by atoms with Crippen LogP contribution in [0.1, 0.15) is 70.1 Å². The fourth-order valence-electron chi connectivity index (χ4n) is 2.48. The molecule has 1 atom stereocenters. The Morgan fingerprint density at radius 2 is 2.00 bits per heavy atom. The molecule has 3 nitrogen and oxygen atoms in total. The summed E-state index contributed by atoms with van der Waals surface area (Å²) in [5.74, 6) is 2.27. The van der Waals surface area contributed by atoms with Gasteiger partial charge in [0.2, 0.25) is 0 Å². The van der Waals surface area contributed by atoms with E-state index in [-0.39, 0.29) is 5.41 Å². The van der Waals surface area contributed by atoms with Crippen molar-refractivity contribution in [3.63, 3.8) is 0 Å². The number of aromatic amines is 1. The molecule has 2 N–H and O–H groups in total. The van der Waals surface area contributed by atoms with Gasteiger partial charge in [0.05, 0.1) is 5.69 Å². The van der Waals surface area contributed by atoms with Gasteiger partial charge in [-0.15, -0.1) is 0 Å². The Bertz CT molecular complexity index is 379. The van der Waals surface area contributed by atoms with E-state index in [1.54, 1.807) is 0 Å². The number of H-pyrrole nitrogens is 1. The van der Waals surface area contributed by atoms with Crippen LogP contribution < -0.4 is 5.32 Å². The molecule has 17 heavy (non-hydrogen) atoms. The van der Waals surface area contributed by atoms with Crippen LogP contribution in [-0.2, 0) is 5.41 Å².